The Bertz CT molecular complexity index is 689. The molecule has 8 heteroatoms. The van der Waals surface area contributed by atoms with Crippen molar-refractivity contribution in [1.82, 2.24) is 15.5 Å². The number of benzene rings is 1. The van der Waals surface area contributed by atoms with Gasteiger partial charge in [-0.25, -0.2) is 8.42 Å². The molecular weight excluding hydrogens is 376 g/mol. The maximum absolute atomic E-state index is 12.3. The second-order valence-corrected chi connectivity index (χ2v) is 9.26. The van der Waals surface area contributed by atoms with Crippen LogP contribution in [-0.4, -0.2) is 77.0 Å². The molecule has 0 radical (unpaired) electrons. The van der Waals surface area contributed by atoms with Gasteiger partial charge in [0.2, 0.25) is 0 Å². The monoisotopic (exact) mass is 410 g/mol. The van der Waals surface area contributed by atoms with Gasteiger partial charge in [0, 0.05) is 32.2 Å². The molecule has 0 amide bonds. The lowest BCUT2D eigenvalue weighted by atomic mass is 10.2. The molecule has 1 unspecified atom stereocenters. The predicted molar refractivity (Wildman–Crippen MR) is 114 cm³/mol. The highest BCUT2D eigenvalue weighted by Gasteiger charge is 2.16. The van der Waals surface area contributed by atoms with E-state index in [-0.39, 0.29) is 11.5 Å². The van der Waals surface area contributed by atoms with Crippen LogP contribution in [0.4, 0.5) is 0 Å². The van der Waals surface area contributed by atoms with Crippen molar-refractivity contribution in [2.75, 3.05) is 51.7 Å². The fraction of sp³-hybridized carbons (Fsp3) is 0.650. The summed E-state index contributed by atoms with van der Waals surface area (Å²) in [5, 5.41) is 6.47. The van der Waals surface area contributed by atoms with Crippen molar-refractivity contribution in [2.24, 2.45) is 4.99 Å². The molecular formula is C20H34N4O3S. The van der Waals surface area contributed by atoms with Gasteiger partial charge in [0.1, 0.15) is 0 Å². The van der Waals surface area contributed by atoms with Gasteiger partial charge in [-0.3, -0.25) is 9.89 Å². The second-order valence-electron chi connectivity index (χ2n) is 7.07. The van der Waals surface area contributed by atoms with Gasteiger partial charge in [-0.05, 0) is 25.8 Å². The maximum Gasteiger partial charge on any atom is 0.191 e. The van der Waals surface area contributed by atoms with Gasteiger partial charge in [0.05, 0.1) is 31.3 Å². The molecule has 1 atom stereocenters. The molecule has 1 aliphatic rings. The Morgan fingerprint density at radius 2 is 1.93 bits per heavy atom. The quantitative estimate of drug-likeness (QED) is 0.343. The van der Waals surface area contributed by atoms with Crippen molar-refractivity contribution in [3.05, 3.63) is 35.9 Å². The zero-order valence-electron chi connectivity index (χ0n) is 17.1. The highest BCUT2D eigenvalue weighted by atomic mass is 32.2. The number of rotatable bonds is 10. The Balaban J connectivity index is 1.74. The Labute approximate surface area is 169 Å². The summed E-state index contributed by atoms with van der Waals surface area (Å²) >= 11 is 0. The van der Waals surface area contributed by atoms with Crippen LogP contribution in [0.25, 0.3) is 0 Å². The van der Waals surface area contributed by atoms with E-state index in [0.29, 0.717) is 25.6 Å². The molecule has 2 rings (SSSR count). The molecule has 0 spiro atoms. The first-order valence-electron chi connectivity index (χ1n) is 10.1. The summed E-state index contributed by atoms with van der Waals surface area (Å²) in [6.45, 7) is 9.69. The molecule has 7 nitrogen and oxygen atoms in total. The van der Waals surface area contributed by atoms with Crippen LogP contribution in [0.1, 0.15) is 25.8 Å². The number of nitrogens with zero attached hydrogens (tertiary/aromatic N) is 2. The normalized spacial score (nSPS) is 17.3. The summed E-state index contributed by atoms with van der Waals surface area (Å²) in [6, 6.07) is 9.67. The Kier molecular flexibility index (Phi) is 9.73. The van der Waals surface area contributed by atoms with E-state index in [1.165, 1.54) is 0 Å². The molecule has 0 saturated carbocycles. The Morgan fingerprint density at radius 1 is 1.21 bits per heavy atom. The molecule has 158 valence electrons. The minimum Gasteiger partial charge on any atom is -0.379 e. The standard InChI is InChI=1S/C20H34N4O3S/c1-3-21-20(23-16-18(2)24-11-13-27-14-12-24)22-10-7-15-28(25,26)17-19-8-5-4-6-9-19/h4-6,8-9,18H,3,7,10-17H2,1-2H3,(H2,21,22,23). The number of hydrogen-bond donors (Lipinski definition) is 2. The van der Waals surface area contributed by atoms with Crippen LogP contribution in [0, 0.1) is 0 Å². The van der Waals surface area contributed by atoms with Crippen LogP contribution in [-0.2, 0) is 20.3 Å². The summed E-state index contributed by atoms with van der Waals surface area (Å²) in [6.07, 6.45) is 0.554. The zero-order valence-corrected chi connectivity index (χ0v) is 17.9. The van der Waals surface area contributed by atoms with Gasteiger partial charge in [-0.15, -0.1) is 0 Å². The summed E-state index contributed by atoms with van der Waals surface area (Å²) in [5.74, 6) is 1.00. The van der Waals surface area contributed by atoms with Gasteiger partial charge >= 0.3 is 0 Å². The fourth-order valence-electron chi connectivity index (χ4n) is 3.10. The first-order chi connectivity index (χ1) is 13.5. The van der Waals surface area contributed by atoms with Crippen LogP contribution < -0.4 is 10.6 Å². The number of nitrogens with one attached hydrogen (secondary N) is 2. The third-order valence-electron chi connectivity index (χ3n) is 4.68. The van der Waals surface area contributed by atoms with E-state index < -0.39 is 9.84 Å². The molecule has 1 saturated heterocycles. The average molecular weight is 411 g/mol. The van der Waals surface area contributed by atoms with E-state index in [9.17, 15) is 8.42 Å². The molecule has 0 bridgehead atoms. The van der Waals surface area contributed by atoms with Crippen LogP contribution in [0.15, 0.2) is 35.3 Å². The molecule has 1 aromatic carbocycles. The smallest absolute Gasteiger partial charge is 0.191 e. The topological polar surface area (TPSA) is 83.0 Å². The molecule has 1 fully saturated rings. The number of aliphatic imine (C=N–C) groups is 1. The van der Waals surface area contributed by atoms with Crippen LogP contribution in [0.2, 0.25) is 0 Å². The predicted octanol–water partition coefficient (Wildman–Crippen LogP) is 1.27. The Hall–Kier alpha value is -1.64. The highest BCUT2D eigenvalue weighted by Crippen LogP contribution is 2.07. The van der Waals surface area contributed by atoms with Crippen molar-refractivity contribution in [1.29, 1.82) is 0 Å². The summed E-state index contributed by atoms with van der Waals surface area (Å²) < 4.78 is 29.9. The van der Waals surface area contributed by atoms with Crippen LogP contribution in [0.3, 0.4) is 0 Å². The van der Waals surface area contributed by atoms with E-state index in [0.717, 1.165) is 44.4 Å². The van der Waals surface area contributed by atoms with E-state index in [4.69, 9.17) is 4.74 Å². The third-order valence-corrected chi connectivity index (χ3v) is 6.36. The molecule has 28 heavy (non-hydrogen) atoms. The SMILES string of the molecule is CCNC(=NCC(C)N1CCOCC1)NCCCS(=O)(=O)Cc1ccccc1. The van der Waals surface area contributed by atoms with Gasteiger partial charge in [0.15, 0.2) is 15.8 Å². The lowest BCUT2D eigenvalue weighted by Gasteiger charge is -2.31. The van der Waals surface area contributed by atoms with Crippen molar-refractivity contribution in [3.63, 3.8) is 0 Å². The third kappa shape index (κ3) is 8.58. The van der Waals surface area contributed by atoms with Crippen LogP contribution >= 0.6 is 0 Å². The van der Waals surface area contributed by atoms with Crippen LogP contribution in [0.5, 0.6) is 0 Å². The van der Waals surface area contributed by atoms with Gasteiger partial charge < -0.3 is 15.4 Å². The van der Waals surface area contributed by atoms with Crippen molar-refractivity contribution >= 4 is 15.8 Å². The fourth-order valence-corrected chi connectivity index (χ4v) is 4.53. The number of hydrogen-bond acceptors (Lipinski definition) is 5. The summed E-state index contributed by atoms with van der Waals surface area (Å²) in [4.78, 5) is 7.03. The van der Waals surface area contributed by atoms with Crippen molar-refractivity contribution < 1.29 is 13.2 Å². The largest absolute Gasteiger partial charge is 0.379 e. The number of guanidine groups is 1. The minimum atomic E-state index is -3.10. The van der Waals surface area contributed by atoms with E-state index >= 15 is 0 Å². The van der Waals surface area contributed by atoms with Crippen molar-refractivity contribution in [2.45, 2.75) is 32.1 Å². The first-order valence-corrected chi connectivity index (χ1v) is 11.9. The maximum atomic E-state index is 12.3. The number of morpholine rings is 1. The van der Waals surface area contributed by atoms with Crippen molar-refractivity contribution in [3.8, 4) is 0 Å². The second kappa shape index (κ2) is 12.0. The average Bonchev–Trinajstić information content (AvgIpc) is 2.70. The minimum absolute atomic E-state index is 0.0963. The zero-order chi connectivity index (χ0) is 20.2. The number of ether oxygens (including phenoxy) is 1. The van der Waals surface area contributed by atoms with Gasteiger partial charge in [-0.2, -0.15) is 0 Å². The summed E-state index contributed by atoms with van der Waals surface area (Å²) in [7, 11) is -3.10. The molecule has 1 aromatic rings. The first kappa shape index (κ1) is 22.6. The molecule has 2 N–H and O–H groups in total. The Morgan fingerprint density at radius 3 is 2.61 bits per heavy atom. The molecule has 0 aliphatic carbocycles. The molecule has 1 aliphatic heterocycles. The molecule has 0 aromatic heterocycles. The van der Waals surface area contributed by atoms with E-state index in [1.54, 1.807) is 0 Å². The summed E-state index contributed by atoms with van der Waals surface area (Å²) in [5.41, 5.74) is 0.836. The lowest BCUT2D eigenvalue weighted by Crippen LogP contribution is -2.44. The highest BCUT2D eigenvalue weighted by molar-refractivity contribution is 7.90. The van der Waals surface area contributed by atoms with E-state index in [1.807, 2.05) is 37.3 Å². The van der Waals surface area contributed by atoms with Gasteiger partial charge in [-0.1, -0.05) is 30.3 Å². The molecule has 1 heterocycles. The lowest BCUT2D eigenvalue weighted by molar-refractivity contribution is 0.0220. The van der Waals surface area contributed by atoms with Gasteiger partial charge in [0.25, 0.3) is 0 Å². The van der Waals surface area contributed by atoms with E-state index in [2.05, 4.69) is 27.4 Å². The number of sulfone groups is 1.